The lowest BCUT2D eigenvalue weighted by atomic mass is 9.96. The van der Waals surface area contributed by atoms with E-state index in [0.29, 0.717) is 17.1 Å². The molecular weight excluding hydrogens is 372 g/mol. The molecule has 0 fully saturated rings. The molecule has 1 atom stereocenters. The summed E-state index contributed by atoms with van der Waals surface area (Å²) in [6.07, 6.45) is 0.951. The maximum Gasteiger partial charge on any atom is 0.240 e. The van der Waals surface area contributed by atoms with Crippen molar-refractivity contribution in [2.45, 2.75) is 25.8 Å². The highest BCUT2D eigenvalue weighted by Crippen LogP contribution is 2.21. The summed E-state index contributed by atoms with van der Waals surface area (Å²) < 4.78 is 7.30. The zero-order valence-electron chi connectivity index (χ0n) is 16.0. The number of carbonyl (C=O) groups excluding carboxylic acids is 1. The fourth-order valence-electron chi connectivity index (χ4n) is 3.08. The molecule has 0 aliphatic carbocycles. The number of nitrogens with one attached hydrogen (secondary N) is 2. The molecule has 6 nitrogen and oxygen atoms in total. The third kappa shape index (κ3) is 4.67. The van der Waals surface area contributed by atoms with Crippen LogP contribution < -0.4 is 10.1 Å². The van der Waals surface area contributed by atoms with Gasteiger partial charge in [0.15, 0.2) is 10.6 Å². The summed E-state index contributed by atoms with van der Waals surface area (Å²) >= 11 is 5.32. The van der Waals surface area contributed by atoms with Gasteiger partial charge in [0.2, 0.25) is 5.91 Å². The number of hydrogen-bond acceptors (Lipinski definition) is 4. The third-order valence-electron chi connectivity index (χ3n) is 4.72. The first kappa shape index (κ1) is 19.8. The molecule has 0 saturated carbocycles. The van der Waals surface area contributed by atoms with Crippen LogP contribution in [0.1, 0.15) is 24.8 Å². The normalized spacial score (nSPS) is 11.8. The number of carbonyl (C=O) groups is 1. The Bertz CT molecular complexity index is 964. The van der Waals surface area contributed by atoms with Gasteiger partial charge in [0.25, 0.3) is 0 Å². The number of aromatic amines is 1. The second-order valence-corrected chi connectivity index (χ2v) is 6.87. The Balaban J connectivity index is 1.69. The van der Waals surface area contributed by atoms with E-state index in [1.807, 2.05) is 42.5 Å². The minimum atomic E-state index is -0.0957. The van der Waals surface area contributed by atoms with E-state index in [4.69, 9.17) is 17.0 Å². The van der Waals surface area contributed by atoms with Crippen LogP contribution in [0.5, 0.6) is 5.75 Å². The quantitative estimate of drug-likeness (QED) is 0.566. The van der Waals surface area contributed by atoms with Crippen LogP contribution in [0.15, 0.2) is 54.6 Å². The zero-order chi connectivity index (χ0) is 19.9. The molecule has 3 aromatic rings. The molecule has 0 aliphatic rings. The Kier molecular flexibility index (Phi) is 6.60. The summed E-state index contributed by atoms with van der Waals surface area (Å²) in [5.41, 5.74) is 2.08. The van der Waals surface area contributed by atoms with Gasteiger partial charge in [-0.3, -0.25) is 14.5 Å². The average Bonchev–Trinajstić information content (AvgIpc) is 3.09. The molecule has 2 aromatic carbocycles. The number of rotatable bonds is 8. The molecule has 0 bridgehead atoms. The van der Waals surface area contributed by atoms with Crippen LogP contribution >= 0.6 is 12.2 Å². The number of aromatic nitrogens is 3. The van der Waals surface area contributed by atoms with Crippen LogP contribution in [0, 0.1) is 4.77 Å². The summed E-state index contributed by atoms with van der Waals surface area (Å²) in [5.74, 6) is 1.57. The first-order valence-corrected chi connectivity index (χ1v) is 9.64. The van der Waals surface area contributed by atoms with E-state index >= 15 is 0 Å². The molecule has 3 rings (SSSR count). The molecule has 146 valence electrons. The van der Waals surface area contributed by atoms with Gasteiger partial charge in [0.05, 0.1) is 7.11 Å². The number of ether oxygens (including phenoxy) is 1. The summed E-state index contributed by atoms with van der Waals surface area (Å²) in [6, 6.07) is 17.7. The Morgan fingerprint density at radius 2 is 1.93 bits per heavy atom. The number of benzene rings is 2. The Hall–Kier alpha value is -2.93. The molecule has 0 spiro atoms. The monoisotopic (exact) mass is 396 g/mol. The molecule has 0 aliphatic heterocycles. The second-order valence-electron chi connectivity index (χ2n) is 6.49. The van der Waals surface area contributed by atoms with Crippen LogP contribution in [0.25, 0.3) is 11.4 Å². The van der Waals surface area contributed by atoms with Crippen LogP contribution in [-0.2, 0) is 11.3 Å². The van der Waals surface area contributed by atoms with Crippen molar-refractivity contribution < 1.29 is 9.53 Å². The molecule has 1 amide bonds. The lowest BCUT2D eigenvalue weighted by molar-refractivity contribution is -0.121. The first-order chi connectivity index (χ1) is 13.6. The number of nitrogens with zero attached hydrogens (tertiary/aromatic N) is 2. The summed E-state index contributed by atoms with van der Waals surface area (Å²) in [7, 11) is 1.62. The van der Waals surface area contributed by atoms with Crippen molar-refractivity contribution in [3.63, 3.8) is 0 Å². The van der Waals surface area contributed by atoms with Crippen molar-refractivity contribution in [2.24, 2.45) is 0 Å². The van der Waals surface area contributed by atoms with Gasteiger partial charge < -0.3 is 10.1 Å². The molecule has 0 saturated heterocycles. The van der Waals surface area contributed by atoms with Crippen molar-refractivity contribution in [1.82, 2.24) is 20.1 Å². The highest BCUT2D eigenvalue weighted by Gasteiger charge is 2.14. The minimum absolute atomic E-state index is 0.0957. The van der Waals surface area contributed by atoms with Gasteiger partial charge in [0, 0.05) is 18.0 Å². The topological polar surface area (TPSA) is 71.9 Å². The standard InChI is InChI=1S/C21H24N4O2S/c1-3-15(16-7-5-4-6-8-16)13-22-19(26)14-25-20(23-24-21(25)28)17-9-11-18(27-2)12-10-17/h4-12,15H,3,13-14H2,1-2H3,(H,22,26)(H,24,28). The predicted molar refractivity (Wildman–Crippen MR) is 112 cm³/mol. The van der Waals surface area contributed by atoms with Gasteiger partial charge in [-0.15, -0.1) is 0 Å². The number of hydrogen-bond donors (Lipinski definition) is 2. The smallest absolute Gasteiger partial charge is 0.240 e. The van der Waals surface area contributed by atoms with Crippen molar-refractivity contribution in [3.05, 3.63) is 64.9 Å². The summed E-state index contributed by atoms with van der Waals surface area (Å²) in [5, 5.41) is 10.1. The van der Waals surface area contributed by atoms with Gasteiger partial charge in [-0.05, 0) is 48.5 Å². The summed E-state index contributed by atoms with van der Waals surface area (Å²) in [6.45, 7) is 2.82. The van der Waals surface area contributed by atoms with Gasteiger partial charge in [-0.2, -0.15) is 5.10 Å². The SMILES string of the molecule is CCC(CNC(=O)Cn1c(-c2ccc(OC)cc2)n[nH]c1=S)c1ccccc1. The van der Waals surface area contributed by atoms with Gasteiger partial charge >= 0.3 is 0 Å². The number of amides is 1. The van der Waals surface area contributed by atoms with E-state index in [9.17, 15) is 4.79 Å². The lowest BCUT2D eigenvalue weighted by Gasteiger charge is -2.16. The minimum Gasteiger partial charge on any atom is -0.497 e. The maximum atomic E-state index is 12.6. The van der Waals surface area contributed by atoms with Crippen LogP contribution in [0.2, 0.25) is 0 Å². The lowest BCUT2D eigenvalue weighted by Crippen LogP contribution is -2.31. The van der Waals surface area contributed by atoms with E-state index < -0.39 is 0 Å². The molecule has 1 unspecified atom stereocenters. The predicted octanol–water partition coefficient (Wildman–Crippen LogP) is 3.93. The van der Waals surface area contributed by atoms with E-state index in [2.05, 4.69) is 34.6 Å². The zero-order valence-corrected chi connectivity index (χ0v) is 16.8. The maximum absolute atomic E-state index is 12.6. The molecule has 2 N–H and O–H groups in total. The molecule has 28 heavy (non-hydrogen) atoms. The molecular formula is C21H24N4O2S. The highest BCUT2D eigenvalue weighted by atomic mass is 32.1. The van der Waals surface area contributed by atoms with Crippen LogP contribution in [0.3, 0.4) is 0 Å². The largest absolute Gasteiger partial charge is 0.497 e. The van der Waals surface area contributed by atoms with Gasteiger partial charge in [0.1, 0.15) is 12.3 Å². The van der Waals surface area contributed by atoms with Crippen LogP contribution in [0.4, 0.5) is 0 Å². The van der Waals surface area contributed by atoms with Crippen molar-refractivity contribution in [3.8, 4) is 17.1 Å². The van der Waals surface area contributed by atoms with E-state index in [1.165, 1.54) is 5.56 Å². The molecule has 1 aromatic heterocycles. The fourth-order valence-corrected chi connectivity index (χ4v) is 3.28. The van der Waals surface area contributed by atoms with E-state index in [0.717, 1.165) is 17.7 Å². The van der Waals surface area contributed by atoms with E-state index in [-0.39, 0.29) is 18.4 Å². The third-order valence-corrected chi connectivity index (χ3v) is 5.03. The van der Waals surface area contributed by atoms with Gasteiger partial charge in [-0.1, -0.05) is 37.3 Å². The number of H-pyrrole nitrogens is 1. The van der Waals surface area contributed by atoms with Crippen molar-refractivity contribution in [2.75, 3.05) is 13.7 Å². The Labute approximate surface area is 169 Å². The fraction of sp³-hybridized carbons (Fsp3) is 0.286. The molecule has 1 heterocycles. The van der Waals surface area contributed by atoms with Gasteiger partial charge in [-0.25, -0.2) is 0 Å². The van der Waals surface area contributed by atoms with E-state index in [1.54, 1.807) is 11.7 Å². The average molecular weight is 397 g/mol. The number of methoxy groups -OCH3 is 1. The first-order valence-electron chi connectivity index (χ1n) is 9.23. The molecule has 0 radical (unpaired) electrons. The van der Waals surface area contributed by atoms with Crippen molar-refractivity contribution in [1.29, 1.82) is 0 Å². The second kappa shape index (κ2) is 9.32. The Morgan fingerprint density at radius 1 is 1.21 bits per heavy atom. The van der Waals surface area contributed by atoms with Crippen molar-refractivity contribution >= 4 is 18.1 Å². The highest BCUT2D eigenvalue weighted by molar-refractivity contribution is 7.71. The summed E-state index contributed by atoms with van der Waals surface area (Å²) in [4.78, 5) is 12.6. The van der Waals surface area contributed by atoms with Crippen LogP contribution in [-0.4, -0.2) is 34.3 Å². The Morgan fingerprint density at radius 3 is 2.57 bits per heavy atom. The molecule has 7 heteroatoms.